The van der Waals surface area contributed by atoms with Gasteiger partial charge >= 0.3 is 0 Å². The lowest BCUT2D eigenvalue weighted by Crippen LogP contribution is -2.17. The van der Waals surface area contributed by atoms with Gasteiger partial charge < -0.3 is 14.6 Å². The summed E-state index contributed by atoms with van der Waals surface area (Å²) in [5.41, 5.74) is 3.44. The van der Waals surface area contributed by atoms with Crippen molar-refractivity contribution in [3.63, 3.8) is 0 Å². The van der Waals surface area contributed by atoms with Gasteiger partial charge in [0.25, 0.3) is 5.91 Å². The van der Waals surface area contributed by atoms with Crippen molar-refractivity contribution in [2.24, 2.45) is 5.10 Å². The van der Waals surface area contributed by atoms with Gasteiger partial charge in [-0.1, -0.05) is 11.6 Å². The summed E-state index contributed by atoms with van der Waals surface area (Å²) in [6.07, 6.45) is 1.45. The molecule has 112 valence electrons. The molecule has 0 atom stereocenters. The summed E-state index contributed by atoms with van der Waals surface area (Å²) in [4.78, 5) is 11.8. The Kier molecular flexibility index (Phi) is 3.84. The number of carbonyl (C=O) groups is 1. The zero-order valence-corrected chi connectivity index (χ0v) is 12.0. The van der Waals surface area contributed by atoms with E-state index in [1.807, 2.05) is 0 Å². The molecule has 6 nitrogen and oxygen atoms in total. The number of hydrogen-bond donors (Lipinski definition) is 2. The highest BCUT2D eigenvalue weighted by molar-refractivity contribution is 6.32. The Balaban J connectivity index is 1.68. The number of fused-ring (bicyclic) bond motifs is 1. The fourth-order valence-electron chi connectivity index (χ4n) is 1.90. The average Bonchev–Trinajstić information content (AvgIpc) is 2.97. The number of rotatable bonds is 3. The molecule has 22 heavy (non-hydrogen) atoms. The van der Waals surface area contributed by atoms with E-state index in [4.69, 9.17) is 21.1 Å². The fraction of sp³-hybridized carbons (Fsp3) is 0.0667. The summed E-state index contributed by atoms with van der Waals surface area (Å²) in [5.74, 6) is 0.754. The number of phenols is 1. The maximum absolute atomic E-state index is 11.8. The molecule has 0 spiro atoms. The summed E-state index contributed by atoms with van der Waals surface area (Å²) in [7, 11) is 0. The first kappa shape index (κ1) is 14.2. The van der Waals surface area contributed by atoms with Crippen molar-refractivity contribution in [3.05, 3.63) is 52.5 Å². The van der Waals surface area contributed by atoms with Gasteiger partial charge in [-0.25, -0.2) is 5.43 Å². The van der Waals surface area contributed by atoms with Gasteiger partial charge in [0.05, 0.1) is 11.2 Å². The molecule has 1 heterocycles. The first-order chi connectivity index (χ1) is 10.6. The van der Waals surface area contributed by atoms with Crippen LogP contribution in [-0.4, -0.2) is 24.0 Å². The molecule has 1 aliphatic rings. The van der Waals surface area contributed by atoms with Crippen LogP contribution in [0.2, 0.25) is 5.02 Å². The molecular weight excluding hydrogens is 308 g/mol. The second kappa shape index (κ2) is 5.95. The first-order valence-electron chi connectivity index (χ1n) is 6.35. The van der Waals surface area contributed by atoms with E-state index >= 15 is 0 Å². The molecule has 0 aromatic heterocycles. The van der Waals surface area contributed by atoms with Gasteiger partial charge in [-0.05, 0) is 42.0 Å². The highest BCUT2D eigenvalue weighted by atomic mass is 35.5. The van der Waals surface area contributed by atoms with Gasteiger partial charge in [0.15, 0.2) is 11.5 Å². The van der Waals surface area contributed by atoms with Crippen LogP contribution < -0.4 is 14.9 Å². The molecule has 1 aliphatic heterocycles. The van der Waals surface area contributed by atoms with E-state index in [0.717, 1.165) is 0 Å². The van der Waals surface area contributed by atoms with E-state index in [1.54, 1.807) is 12.1 Å². The van der Waals surface area contributed by atoms with Crippen molar-refractivity contribution in [2.75, 3.05) is 6.79 Å². The highest BCUT2D eigenvalue weighted by Gasteiger charge is 2.17. The molecule has 0 fully saturated rings. The molecule has 2 N–H and O–H groups in total. The fourth-order valence-corrected chi connectivity index (χ4v) is 2.18. The number of phenolic OH excluding ortho intramolecular Hbond substituents is 1. The number of amides is 1. The molecule has 0 saturated carbocycles. The maximum atomic E-state index is 11.8. The number of ether oxygens (including phenoxy) is 2. The van der Waals surface area contributed by atoms with Crippen molar-refractivity contribution in [1.82, 2.24) is 5.43 Å². The van der Waals surface area contributed by atoms with Crippen LogP contribution in [-0.2, 0) is 0 Å². The zero-order chi connectivity index (χ0) is 15.5. The van der Waals surface area contributed by atoms with Gasteiger partial charge in [-0.2, -0.15) is 5.10 Å². The third kappa shape index (κ3) is 2.96. The van der Waals surface area contributed by atoms with E-state index in [2.05, 4.69) is 10.5 Å². The van der Waals surface area contributed by atoms with E-state index < -0.39 is 0 Å². The van der Waals surface area contributed by atoms with Crippen molar-refractivity contribution < 1.29 is 19.4 Å². The predicted molar refractivity (Wildman–Crippen MR) is 80.7 cm³/mol. The summed E-state index contributed by atoms with van der Waals surface area (Å²) in [5, 5.41) is 13.5. The summed E-state index contributed by atoms with van der Waals surface area (Å²) < 4.78 is 10.5. The minimum atomic E-state index is -0.386. The molecular formula is C15H11ClN2O4. The van der Waals surface area contributed by atoms with Crippen molar-refractivity contribution in [3.8, 4) is 17.2 Å². The third-order valence-electron chi connectivity index (χ3n) is 2.96. The molecule has 0 unspecified atom stereocenters. The average molecular weight is 319 g/mol. The van der Waals surface area contributed by atoms with Crippen LogP contribution in [0.4, 0.5) is 0 Å². The summed E-state index contributed by atoms with van der Waals surface area (Å²) >= 11 is 6.05. The molecule has 0 aliphatic carbocycles. The molecule has 1 amide bonds. The lowest BCUT2D eigenvalue weighted by molar-refractivity contribution is 0.0955. The molecule has 7 heteroatoms. The smallest absolute Gasteiger partial charge is 0.271 e. The number of carbonyl (C=O) groups excluding carboxylic acids is 1. The molecule has 0 bridgehead atoms. The quantitative estimate of drug-likeness (QED) is 0.673. The monoisotopic (exact) mass is 318 g/mol. The van der Waals surface area contributed by atoms with Crippen LogP contribution in [0.5, 0.6) is 17.2 Å². The van der Waals surface area contributed by atoms with Gasteiger partial charge in [-0.15, -0.1) is 0 Å². The van der Waals surface area contributed by atoms with E-state index in [0.29, 0.717) is 27.6 Å². The minimum absolute atomic E-state index is 0.0926. The topological polar surface area (TPSA) is 80.2 Å². The number of hydrogen-bond acceptors (Lipinski definition) is 5. The van der Waals surface area contributed by atoms with Crippen LogP contribution in [0.1, 0.15) is 15.9 Å². The molecule has 0 saturated heterocycles. The van der Waals surface area contributed by atoms with E-state index in [1.165, 1.54) is 30.5 Å². The molecule has 2 aromatic carbocycles. The second-order valence-electron chi connectivity index (χ2n) is 4.48. The predicted octanol–water partition coefficient (Wildman–Crippen LogP) is 2.54. The number of halogens is 1. The van der Waals surface area contributed by atoms with Crippen LogP contribution >= 0.6 is 11.6 Å². The van der Waals surface area contributed by atoms with Gasteiger partial charge in [0.1, 0.15) is 5.75 Å². The Morgan fingerprint density at radius 3 is 2.82 bits per heavy atom. The lowest BCUT2D eigenvalue weighted by atomic mass is 10.2. The molecule has 3 rings (SSSR count). The Hall–Kier alpha value is -2.73. The standard InChI is InChI=1S/C15H11ClN2O4/c16-12-5-9(6-13-14(12)22-8-21-13)7-17-18-15(20)10-1-3-11(19)4-2-10/h1-7,19H,8H2,(H,18,20)/b17-7-. The maximum Gasteiger partial charge on any atom is 0.271 e. The zero-order valence-electron chi connectivity index (χ0n) is 11.2. The summed E-state index contributed by atoms with van der Waals surface area (Å²) in [6.45, 7) is 0.132. The van der Waals surface area contributed by atoms with Crippen molar-refractivity contribution >= 4 is 23.7 Å². The number of nitrogens with one attached hydrogen (secondary N) is 1. The van der Waals surface area contributed by atoms with E-state index in [9.17, 15) is 9.90 Å². The Morgan fingerprint density at radius 1 is 1.27 bits per heavy atom. The highest BCUT2D eigenvalue weighted by Crippen LogP contribution is 2.39. The van der Waals surface area contributed by atoms with Gasteiger partial charge in [-0.3, -0.25) is 4.79 Å². The first-order valence-corrected chi connectivity index (χ1v) is 6.73. The van der Waals surface area contributed by atoms with E-state index in [-0.39, 0.29) is 18.4 Å². The van der Waals surface area contributed by atoms with Crippen molar-refractivity contribution in [1.29, 1.82) is 0 Å². The number of benzene rings is 2. The third-order valence-corrected chi connectivity index (χ3v) is 3.24. The Bertz CT molecular complexity index is 744. The summed E-state index contributed by atoms with van der Waals surface area (Å²) in [6, 6.07) is 9.22. The normalized spacial score (nSPS) is 12.6. The minimum Gasteiger partial charge on any atom is -0.508 e. The number of nitrogens with zero attached hydrogens (tertiary/aromatic N) is 1. The van der Waals surface area contributed by atoms with Crippen LogP contribution in [0.3, 0.4) is 0 Å². The molecule has 2 aromatic rings. The van der Waals surface area contributed by atoms with Gasteiger partial charge in [0.2, 0.25) is 6.79 Å². The van der Waals surface area contributed by atoms with Crippen molar-refractivity contribution in [2.45, 2.75) is 0 Å². The van der Waals surface area contributed by atoms with Gasteiger partial charge in [0, 0.05) is 5.56 Å². The molecule has 0 radical (unpaired) electrons. The second-order valence-corrected chi connectivity index (χ2v) is 4.89. The Morgan fingerprint density at radius 2 is 2.05 bits per heavy atom. The SMILES string of the molecule is O=C(N/N=C\c1cc(Cl)c2c(c1)OCO2)c1ccc(O)cc1. The Labute approximate surface area is 130 Å². The lowest BCUT2D eigenvalue weighted by Gasteiger charge is -2.02. The number of hydrazone groups is 1. The number of aromatic hydroxyl groups is 1. The van der Waals surface area contributed by atoms with Crippen LogP contribution in [0, 0.1) is 0 Å². The van der Waals surface area contributed by atoms with Crippen LogP contribution in [0.25, 0.3) is 0 Å². The largest absolute Gasteiger partial charge is 0.508 e. The van der Waals surface area contributed by atoms with Crippen LogP contribution in [0.15, 0.2) is 41.5 Å².